The first-order valence-electron chi connectivity index (χ1n) is 13.6. The average Bonchev–Trinajstić information content (AvgIpc) is 2.95. The van der Waals surface area contributed by atoms with E-state index >= 15 is 0 Å². The molecule has 0 heterocycles. The Hall–Kier alpha value is -2.91. The van der Waals surface area contributed by atoms with Crippen LogP contribution < -0.4 is 5.32 Å². The van der Waals surface area contributed by atoms with E-state index in [-0.39, 0.29) is 48.6 Å². The van der Waals surface area contributed by atoms with E-state index in [1.165, 1.54) is 11.4 Å². The Morgan fingerprint density at radius 3 is 2.17 bits per heavy atom. The van der Waals surface area contributed by atoms with E-state index < -0.39 is 16.1 Å². The molecule has 1 atom stereocenters. The van der Waals surface area contributed by atoms with Crippen molar-refractivity contribution >= 4 is 45.0 Å². The first-order valence-corrected chi connectivity index (χ1v) is 15.7. The number of nitrogens with zero attached hydrogens (tertiary/aromatic N) is 2. The Labute approximate surface area is 253 Å². The molecule has 220 valence electrons. The van der Waals surface area contributed by atoms with Crippen molar-refractivity contribution in [3.05, 3.63) is 100 Å². The third kappa shape index (κ3) is 9.57. The summed E-state index contributed by atoms with van der Waals surface area (Å²) in [6.07, 6.45) is 0.629. The van der Waals surface area contributed by atoms with Gasteiger partial charge in [-0.25, -0.2) is 12.7 Å². The minimum atomic E-state index is -3.69. The normalized spacial score (nSPS) is 12.4. The van der Waals surface area contributed by atoms with Crippen molar-refractivity contribution in [2.24, 2.45) is 5.92 Å². The summed E-state index contributed by atoms with van der Waals surface area (Å²) in [5, 5.41) is 3.85. The molecule has 0 unspecified atom stereocenters. The molecule has 0 aliphatic heterocycles. The number of halogens is 2. The van der Waals surface area contributed by atoms with Crippen molar-refractivity contribution in [3.8, 4) is 0 Å². The zero-order valence-electron chi connectivity index (χ0n) is 23.6. The summed E-state index contributed by atoms with van der Waals surface area (Å²) in [7, 11) is -2.19. The third-order valence-corrected chi connectivity index (χ3v) is 9.08. The highest BCUT2D eigenvalue weighted by Crippen LogP contribution is 2.25. The first kappa shape index (κ1) is 32.6. The maximum atomic E-state index is 13.8. The van der Waals surface area contributed by atoms with Crippen LogP contribution in [-0.4, -0.2) is 55.6 Å². The summed E-state index contributed by atoms with van der Waals surface area (Å²) in [6, 6.07) is 21.9. The van der Waals surface area contributed by atoms with E-state index in [9.17, 15) is 18.0 Å². The quantitative estimate of drug-likeness (QED) is 0.247. The summed E-state index contributed by atoms with van der Waals surface area (Å²) < 4.78 is 27.1. The van der Waals surface area contributed by atoms with E-state index in [0.29, 0.717) is 28.6 Å². The Kier molecular flexibility index (Phi) is 12.2. The molecular weight excluding hydrogens is 581 g/mol. The molecule has 0 saturated heterocycles. The zero-order valence-corrected chi connectivity index (χ0v) is 25.9. The highest BCUT2D eigenvalue weighted by molar-refractivity contribution is 7.89. The minimum Gasteiger partial charge on any atom is -0.354 e. The highest BCUT2D eigenvalue weighted by Gasteiger charge is 2.31. The summed E-state index contributed by atoms with van der Waals surface area (Å²) in [6.45, 7) is 4.71. The molecule has 3 aromatic carbocycles. The van der Waals surface area contributed by atoms with Crippen molar-refractivity contribution in [1.82, 2.24) is 14.5 Å². The van der Waals surface area contributed by atoms with Gasteiger partial charge in [0.1, 0.15) is 6.04 Å². The minimum absolute atomic E-state index is 0.0443. The van der Waals surface area contributed by atoms with E-state index in [4.69, 9.17) is 23.2 Å². The van der Waals surface area contributed by atoms with Crippen molar-refractivity contribution in [2.45, 2.75) is 50.6 Å². The second kappa shape index (κ2) is 15.4. The van der Waals surface area contributed by atoms with E-state index in [0.717, 1.165) is 5.56 Å². The SMILES string of the molecule is CC(C)CNC(=O)[C@@H](Cc1ccccc1)N(Cc1ccc(Cl)cc1Cl)C(=O)CCCN(C)S(=O)(=O)c1ccccc1. The van der Waals surface area contributed by atoms with Gasteiger partial charge < -0.3 is 10.2 Å². The molecule has 0 aromatic heterocycles. The number of benzene rings is 3. The van der Waals surface area contributed by atoms with Crippen LogP contribution in [0.25, 0.3) is 0 Å². The first-order chi connectivity index (χ1) is 19.5. The van der Waals surface area contributed by atoms with Gasteiger partial charge in [0.15, 0.2) is 0 Å². The van der Waals surface area contributed by atoms with Crippen LogP contribution >= 0.6 is 23.2 Å². The largest absolute Gasteiger partial charge is 0.354 e. The fourth-order valence-electron chi connectivity index (χ4n) is 4.30. The lowest BCUT2D eigenvalue weighted by Gasteiger charge is -2.32. The van der Waals surface area contributed by atoms with Crippen LogP contribution in [0.4, 0.5) is 0 Å². The van der Waals surface area contributed by atoms with Crippen LogP contribution in [0, 0.1) is 5.92 Å². The Balaban J connectivity index is 1.85. The molecule has 3 aromatic rings. The number of carbonyl (C=O) groups excluding carboxylic acids is 2. The van der Waals surface area contributed by atoms with Crippen molar-refractivity contribution < 1.29 is 18.0 Å². The van der Waals surface area contributed by atoms with Crippen LogP contribution in [0.3, 0.4) is 0 Å². The molecule has 0 spiro atoms. The smallest absolute Gasteiger partial charge is 0.243 e. The lowest BCUT2D eigenvalue weighted by atomic mass is 10.0. The van der Waals surface area contributed by atoms with Gasteiger partial charge in [0.25, 0.3) is 0 Å². The lowest BCUT2D eigenvalue weighted by molar-refractivity contribution is -0.141. The Bertz CT molecular complexity index is 1400. The van der Waals surface area contributed by atoms with E-state index in [2.05, 4.69) is 5.32 Å². The fraction of sp³-hybridized carbons (Fsp3) is 0.355. The van der Waals surface area contributed by atoms with Crippen molar-refractivity contribution in [3.63, 3.8) is 0 Å². The number of sulfonamides is 1. The fourth-order valence-corrected chi connectivity index (χ4v) is 6.00. The Morgan fingerprint density at radius 1 is 0.927 bits per heavy atom. The number of nitrogens with one attached hydrogen (secondary N) is 1. The molecule has 41 heavy (non-hydrogen) atoms. The molecule has 2 amide bonds. The van der Waals surface area contributed by atoms with Crippen LogP contribution in [0.5, 0.6) is 0 Å². The zero-order chi connectivity index (χ0) is 30.0. The molecule has 1 N–H and O–H groups in total. The summed E-state index contributed by atoms with van der Waals surface area (Å²) in [5.41, 5.74) is 1.56. The molecule has 0 bridgehead atoms. The van der Waals surface area contributed by atoms with E-state index in [1.807, 2.05) is 44.2 Å². The molecule has 0 aliphatic rings. The number of amides is 2. The number of hydrogen-bond acceptors (Lipinski definition) is 4. The second-order valence-corrected chi connectivity index (χ2v) is 13.2. The van der Waals surface area contributed by atoms with Gasteiger partial charge >= 0.3 is 0 Å². The van der Waals surface area contributed by atoms with Crippen LogP contribution in [-0.2, 0) is 32.6 Å². The van der Waals surface area contributed by atoms with Gasteiger partial charge in [-0.15, -0.1) is 0 Å². The monoisotopic (exact) mass is 617 g/mol. The van der Waals surface area contributed by atoms with Gasteiger partial charge in [-0.2, -0.15) is 0 Å². The van der Waals surface area contributed by atoms with E-state index in [1.54, 1.807) is 53.4 Å². The molecule has 7 nitrogen and oxygen atoms in total. The molecular formula is C31H37Cl2N3O4S. The summed E-state index contributed by atoms with van der Waals surface area (Å²) >= 11 is 12.6. The maximum Gasteiger partial charge on any atom is 0.243 e. The van der Waals surface area contributed by atoms with Crippen LogP contribution in [0.15, 0.2) is 83.8 Å². The van der Waals surface area contributed by atoms with Gasteiger partial charge in [-0.05, 0) is 47.7 Å². The molecule has 0 aliphatic carbocycles. The predicted octanol–water partition coefficient (Wildman–Crippen LogP) is 5.81. The van der Waals surface area contributed by atoms with Gasteiger partial charge in [-0.3, -0.25) is 9.59 Å². The molecule has 0 radical (unpaired) electrons. The average molecular weight is 619 g/mol. The lowest BCUT2D eigenvalue weighted by Crippen LogP contribution is -2.51. The molecule has 0 fully saturated rings. The van der Waals surface area contributed by atoms with Crippen molar-refractivity contribution in [2.75, 3.05) is 20.1 Å². The summed E-state index contributed by atoms with van der Waals surface area (Å²) in [4.78, 5) is 29.1. The molecule has 10 heteroatoms. The van der Waals surface area contributed by atoms with Gasteiger partial charge in [0, 0.05) is 49.6 Å². The Morgan fingerprint density at radius 2 is 1.56 bits per heavy atom. The van der Waals surface area contributed by atoms with Crippen molar-refractivity contribution in [1.29, 1.82) is 0 Å². The van der Waals surface area contributed by atoms with Gasteiger partial charge in [0.2, 0.25) is 21.8 Å². The van der Waals surface area contributed by atoms with Gasteiger partial charge in [0.05, 0.1) is 4.90 Å². The second-order valence-electron chi connectivity index (χ2n) is 10.3. The van der Waals surface area contributed by atoms with Gasteiger partial charge in [-0.1, -0.05) is 91.6 Å². The van der Waals surface area contributed by atoms with Crippen LogP contribution in [0.2, 0.25) is 10.0 Å². The third-order valence-electron chi connectivity index (χ3n) is 6.63. The summed E-state index contributed by atoms with van der Waals surface area (Å²) in [5.74, 6) is -0.305. The highest BCUT2D eigenvalue weighted by atomic mass is 35.5. The molecule has 3 rings (SSSR count). The topological polar surface area (TPSA) is 86.8 Å². The number of carbonyl (C=O) groups is 2. The standard InChI is InChI=1S/C31H37Cl2N3O4S/c1-23(2)21-34-31(38)29(19-24-11-6-4-7-12-24)36(22-25-16-17-26(32)20-28(25)33)30(37)15-10-18-35(3)41(39,40)27-13-8-5-9-14-27/h4-9,11-14,16-17,20,23,29H,10,15,18-19,21-22H2,1-3H3,(H,34,38)/t29-/m1/s1. The predicted molar refractivity (Wildman–Crippen MR) is 164 cm³/mol. The van der Waals surface area contributed by atoms with Crippen LogP contribution in [0.1, 0.15) is 37.8 Å². The molecule has 0 saturated carbocycles. The maximum absolute atomic E-state index is 13.8. The number of rotatable bonds is 14. The number of hydrogen-bond donors (Lipinski definition) is 1.